The summed E-state index contributed by atoms with van der Waals surface area (Å²) in [5.41, 5.74) is 2.83. The van der Waals surface area contributed by atoms with Gasteiger partial charge in [-0.2, -0.15) is 4.57 Å². The van der Waals surface area contributed by atoms with Crippen molar-refractivity contribution in [3.63, 3.8) is 0 Å². The highest BCUT2D eigenvalue weighted by Gasteiger charge is 2.59. The van der Waals surface area contributed by atoms with Crippen molar-refractivity contribution in [3.8, 4) is 0 Å². The molecule has 0 fully saturated rings. The fraction of sp³-hybridized carbons (Fsp3) is 0.182. The maximum Gasteiger partial charge on any atom is 0.240 e. The molecule has 0 saturated carbocycles. The molecule has 4 heteroatoms. The number of hydrogen-bond donors (Lipinski definition) is 0. The quantitative estimate of drug-likeness (QED) is 0.232. The first-order valence-corrected chi connectivity index (χ1v) is 12.8. The maximum atomic E-state index is 14.6. The van der Waals surface area contributed by atoms with E-state index in [-0.39, 0.29) is 35.5 Å². The first kappa shape index (κ1) is 24.0. The number of pyridine rings is 1. The van der Waals surface area contributed by atoms with Crippen molar-refractivity contribution >= 4 is 33.1 Å². The number of ketones is 2. The lowest BCUT2D eigenvalue weighted by molar-refractivity contribution is -0.754. The van der Waals surface area contributed by atoms with E-state index in [0.29, 0.717) is 12.8 Å². The third-order valence-electron chi connectivity index (χ3n) is 8.49. The van der Waals surface area contributed by atoms with Gasteiger partial charge in [-0.3, -0.25) is 9.59 Å². The molecule has 0 amide bonds. The van der Waals surface area contributed by atoms with Crippen LogP contribution in [0.25, 0.3) is 21.5 Å². The Kier molecular flexibility index (Phi) is 5.95. The highest BCUT2D eigenvalue weighted by Crippen LogP contribution is 2.44. The molecule has 0 spiro atoms. The minimum Gasteiger partial charge on any atom is -1.00 e. The summed E-state index contributed by atoms with van der Waals surface area (Å²) in [6, 6.07) is 30.5. The second kappa shape index (κ2) is 9.18. The average Bonchev–Trinajstić information content (AvgIpc) is 2.94. The smallest absolute Gasteiger partial charge is 0.240 e. The molecule has 0 N–H and O–H groups in total. The molecule has 1 heterocycles. The Morgan fingerprint density at radius 2 is 1.24 bits per heavy atom. The molecule has 0 bridgehead atoms. The molecule has 0 aliphatic heterocycles. The molecule has 2 aliphatic rings. The van der Waals surface area contributed by atoms with Crippen molar-refractivity contribution < 1.29 is 38.1 Å². The Hall–Kier alpha value is -3.38. The van der Waals surface area contributed by atoms with Crippen molar-refractivity contribution in [2.75, 3.05) is 0 Å². The summed E-state index contributed by atoms with van der Waals surface area (Å²) in [5.74, 6) is -0.255. The van der Waals surface area contributed by atoms with Crippen LogP contribution in [0, 0.1) is 5.92 Å². The standard InChI is InChI=1S/C33H26NO2.HI/c35-31-28-14-12-22-8-2-4-10-24(22)26(28)16-17-30(31)33(34-20-6-1-7-21-34)19-18-27-25-11-5-3-9-23(25)13-15-29(27)32(33)36;/h1-15,20-21,30H,16-19H2;1H/q+1;/p-1. The van der Waals surface area contributed by atoms with Crippen molar-refractivity contribution in [2.24, 2.45) is 5.92 Å². The predicted octanol–water partition coefficient (Wildman–Crippen LogP) is 3.25. The fourth-order valence-corrected chi connectivity index (χ4v) is 6.80. The second-order valence-electron chi connectivity index (χ2n) is 10.1. The highest BCUT2D eigenvalue weighted by atomic mass is 127. The molecule has 4 aromatic carbocycles. The van der Waals surface area contributed by atoms with E-state index in [0.717, 1.165) is 56.6 Å². The molecule has 182 valence electrons. The molecule has 2 unspecified atom stereocenters. The summed E-state index contributed by atoms with van der Waals surface area (Å²) in [6.45, 7) is 0. The van der Waals surface area contributed by atoms with Gasteiger partial charge in [0.1, 0.15) is 0 Å². The van der Waals surface area contributed by atoms with E-state index >= 15 is 0 Å². The normalized spacial score (nSPS) is 20.8. The molecule has 0 radical (unpaired) electrons. The van der Waals surface area contributed by atoms with Gasteiger partial charge in [-0.25, -0.2) is 0 Å². The Morgan fingerprint density at radius 1 is 0.649 bits per heavy atom. The number of aryl methyl sites for hydroxylation is 2. The number of hydrogen-bond acceptors (Lipinski definition) is 2. The molecule has 7 rings (SSSR count). The molecule has 37 heavy (non-hydrogen) atoms. The number of halogens is 1. The minimum absolute atomic E-state index is 0. The lowest BCUT2D eigenvalue weighted by Crippen LogP contribution is -3.00. The number of fused-ring (bicyclic) bond motifs is 6. The molecule has 2 atom stereocenters. The number of aromatic nitrogens is 1. The van der Waals surface area contributed by atoms with E-state index < -0.39 is 11.5 Å². The number of carbonyl (C=O) groups is 2. The zero-order chi connectivity index (χ0) is 24.3. The van der Waals surface area contributed by atoms with Crippen LogP contribution in [0.2, 0.25) is 0 Å². The molecule has 1 aromatic heterocycles. The Bertz CT molecular complexity index is 1690. The lowest BCUT2D eigenvalue weighted by atomic mass is 9.63. The van der Waals surface area contributed by atoms with Gasteiger partial charge in [0, 0.05) is 29.7 Å². The zero-order valence-corrected chi connectivity index (χ0v) is 22.5. The number of rotatable bonds is 2. The molecule has 2 aliphatic carbocycles. The number of nitrogens with zero attached hydrogens (tertiary/aromatic N) is 1. The molecular formula is C33H26INO2. The van der Waals surface area contributed by atoms with Crippen LogP contribution in [0.15, 0.2) is 103 Å². The van der Waals surface area contributed by atoms with Crippen LogP contribution >= 0.6 is 0 Å². The van der Waals surface area contributed by atoms with Gasteiger partial charge >= 0.3 is 0 Å². The van der Waals surface area contributed by atoms with E-state index in [1.807, 2.05) is 83.7 Å². The summed E-state index contributed by atoms with van der Waals surface area (Å²) in [4.78, 5) is 28.8. The minimum atomic E-state index is -0.933. The highest BCUT2D eigenvalue weighted by molar-refractivity contribution is 6.12. The largest absolute Gasteiger partial charge is 1.00 e. The predicted molar refractivity (Wildman–Crippen MR) is 141 cm³/mol. The molecule has 5 aromatic rings. The third-order valence-corrected chi connectivity index (χ3v) is 8.49. The average molecular weight is 595 g/mol. The van der Waals surface area contributed by atoms with Crippen molar-refractivity contribution in [1.82, 2.24) is 0 Å². The van der Waals surface area contributed by atoms with Crippen LogP contribution in [0.5, 0.6) is 0 Å². The fourth-order valence-electron chi connectivity index (χ4n) is 6.80. The number of benzene rings is 4. The Labute approximate surface area is 233 Å². The van der Waals surface area contributed by atoms with Crippen LogP contribution in [0.4, 0.5) is 0 Å². The first-order valence-electron chi connectivity index (χ1n) is 12.8. The van der Waals surface area contributed by atoms with Gasteiger partial charge < -0.3 is 24.0 Å². The van der Waals surface area contributed by atoms with Gasteiger partial charge in [0.15, 0.2) is 18.2 Å². The van der Waals surface area contributed by atoms with Crippen LogP contribution < -0.4 is 28.5 Å². The second-order valence-corrected chi connectivity index (χ2v) is 10.1. The summed E-state index contributed by atoms with van der Waals surface area (Å²) in [5, 5.41) is 4.60. The Morgan fingerprint density at radius 3 is 1.92 bits per heavy atom. The topological polar surface area (TPSA) is 38.0 Å². The van der Waals surface area contributed by atoms with Gasteiger partial charge in [-0.15, -0.1) is 0 Å². The van der Waals surface area contributed by atoms with Crippen molar-refractivity contribution in [2.45, 2.75) is 31.2 Å². The summed E-state index contributed by atoms with van der Waals surface area (Å²) in [6.07, 6.45) is 6.76. The molecular weight excluding hydrogens is 569 g/mol. The lowest BCUT2D eigenvalue weighted by Gasteiger charge is -2.39. The van der Waals surface area contributed by atoms with Gasteiger partial charge in [0.25, 0.3) is 0 Å². The van der Waals surface area contributed by atoms with E-state index in [9.17, 15) is 9.59 Å². The van der Waals surface area contributed by atoms with Crippen LogP contribution in [-0.2, 0) is 18.4 Å². The monoisotopic (exact) mass is 595 g/mol. The van der Waals surface area contributed by atoms with Gasteiger partial charge in [0.05, 0.1) is 5.92 Å². The van der Waals surface area contributed by atoms with E-state index in [1.165, 1.54) is 0 Å². The molecule has 3 nitrogen and oxygen atoms in total. The van der Waals surface area contributed by atoms with Gasteiger partial charge in [0.2, 0.25) is 11.3 Å². The van der Waals surface area contributed by atoms with Gasteiger partial charge in [-0.1, -0.05) is 78.9 Å². The van der Waals surface area contributed by atoms with Crippen LogP contribution in [0.1, 0.15) is 44.7 Å². The summed E-state index contributed by atoms with van der Waals surface area (Å²) >= 11 is 0. The zero-order valence-electron chi connectivity index (χ0n) is 20.4. The summed E-state index contributed by atoms with van der Waals surface area (Å²) in [7, 11) is 0. The number of Topliss-reactive ketones (excluding diaryl/α,β-unsaturated/α-hetero) is 2. The van der Waals surface area contributed by atoms with E-state index in [4.69, 9.17) is 0 Å². The van der Waals surface area contributed by atoms with E-state index in [1.54, 1.807) is 0 Å². The number of carbonyl (C=O) groups excluding carboxylic acids is 2. The third kappa shape index (κ3) is 3.49. The molecule has 0 saturated heterocycles. The Balaban J connectivity index is 0.00000252. The first-order chi connectivity index (χ1) is 17.7. The van der Waals surface area contributed by atoms with Gasteiger partial charge in [-0.05, 0) is 51.9 Å². The van der Waals surface area contributed by atoms with Crippen molar-refractivity contribution in [3.05, 3.63) is 126 Å². The van der Waals surface area contributed by atoms with E-state index in [2.05, 4.69) is 24.3 Å². The summed E-state index contributed by atoms with van der Waals surface area (Å²) < 4.78 is 2.03. The van der Waals surface area contributed by atoms with Crippen molar-refractivity contribution in [1.29, 1.82) is 0 Å². The van der Waals surface area contributed by atoms with Crippen LogP contribution in [-0.4, -0.2) is 11.6 Å². The van der Waals surface area contributed by atoms with Crippen LogP contribution in [0.3, 0.4) is 0 Å². The SMILES string of the molecule is O=C1c2ccc3ccccc3c2CCC1C1([n+]2ccccc2)CCc2c(ccc3ccccc23)C1=O.[I-]. The maximum absolute atomic E-state index is 14.6.